The summed E-state index contributed by atoms with van der Waals surface area (Å²) in [6.45, 7) is 3.56. The Morgan fingerprint density at radius 3 is 2.06 bits per heavy atom. The molecule has 0 atom stereocenters. The minimum absolute atomic E-state index is 0.265. The maximum Gasteiger partial charge on any atom is 0.216 e. The molecule has 0 aliphatic rings. The number of rotatable bonds is 4. The van der Waals surface area contributed by atoms with Crippen LogP contribution in [0.1, 0.15) is 19.4 Å². The number of nitrogens with zero attached hydrogens (tertiary/aromatic N) is 1. The highest BCUT2D eigenvalue weighted by Crippen LogP contribution is 2.21. The summed E-state index contributed by atoms with van der Waals surface area (Å²) >= 11 is 11.7. The summed E-state index contributed by atoms with van der Waals surface area (Å²) in [5, 5.41) is 0.563. The average Bonchev–Trinajstić information content (AvgIpc) is 2.15. The van der Waals surface area contributed by atoms with Crippen LogP contribution in [0.25, 0.3) is 0 Å². The first-order valence-corrected chi connectivity index (χ1v) is 7.39. The summed E-state index contributed by atoms with van der Waals surface area (Å²) in [6, 6.07) is 5.03. The van der Waals surface area contributed by atoms with Gasteiger partial charge in [0.2, 0.25) is 10.0 Å². The maximum absolute atomic E-state index is 11.9. The van der Waals surface area contributed by atoms with Crippen molar-refractivity contribution in [3.8, 4) is 0 Å². The minimum Gasteiger partial charge on any atom is -0.212 e. The van der Waals surface area contributed by atoms with Gasteiger partial charge in [0.05, 0.1) is 5.25 Å². The molecule has 0 N–H and O–H groups in total. The quantitative estimate of drug-likeness (QED) is 0.856. The summed E-state index contributed by atoms with van der Waals surface area (Å²) in [6.07, 6.45) is 0. The average molecular weight is 296 g/mol. The van der Waals surface area contributed by atoms with Gasteiger partial charge in [0.1, 0.15) is 0 Å². The lowest BCUT2D eigenvalue weighted by molar-refractivity contribution is 0.459. The Morgan fingerprint density at radius 1 is 1.18 bits per heavy atom. The predicted octanol–water partition coefficient (Wildman–Crippen LogP) is 3.16. The van der Waals surface area contributed by atoms with Crippen LogP contribution in [-0.2, 0) is 16.6 Å². The van der Waals surface area contributed by atoms with Gasteiger partial charge in [-0.1, -0.05) is 23.2 Å². The third-order valence-electron chi connectivity index (χ3n) is 2.36. The van der Waals surface area contributed by atoms with Crippen molar-refractivity contribution >= 4 is 33.2 Å². The Hall–Kier alpha value is -0.290. The highest BCUT2D eigenvalue weighted by Gasteiger charge is 2.22. The maximum atomic E-state index is 11.9. The molecule has 0 aliphatic heterocycles. The van der Waals surface area contributed by atoms with E-state index in [1.165, 1.54) is 4.31 Å². The van der Waals surface area contributed by atoms with Crippen molar-refractivity contribution < 1.29 is 8.42 Å². The van der Waals surface area contributed by atoms with Crippen LogP contribution < -0.4 is 0 Å². The van der Waals surface area contributed by atoms with E-state index >= 15 is 0 Å². The molecule has 0 aliphatic carbocycles. The Morgan fingerprint density at radius 2 is 1.65 bits per heavy atom. The Kier molecular flexibility index (Phi) is 4.84. The van der Waals surface area contributed by atoms with Crippen LogP contribution in [0.2, 0.25) is 10.0 Å². The van der Waals surface area contributed by atoms with Crippen LogP contribution in [0.5, 0.6) is 0 Å². The van der Waals surface area contributed by atoms with Crippen molar-refractivity contribution in [2.24, 2.45) is 0 Å². The summed E-state index contributed by atoms with van der Waals surface area (Å²) in [7, 11) is -1.71. The number of benzene rings is 1. The van der Waals surface area contributed by atoms with E-state index < -0.39 is 15.3 Å². The molecule has 0 bridgehead atoms. The Labute approximate surface area is 112 Å². The van der Waals surface area contributed by atoms with Crippen LogP contribution in [0, 0.1) is 0 Å². The van der Waals surface area contributed by atoms with Crippen LogP contribution in [-0.4, -0.2) is 25.0 Å². The minimum atomic E-state index is -3.25. The van der Waals surface area contributed by atoms with Crippen molar-refractivity contribution in [2.45, 2.75) is 25.6 Å². The predicted molar refractivity (Wildman–Crippen MR) is 72.0 cm³/mol. The van der Waals surface area contributed by atoms with Crippen LogP contribution in [0.3, 0.4) is 0 Å². The molecule has 0 aromatic heterocycles. The Balaban J connectivity index is 2.92. The van der Waals surface area contributed by atoms with Crippen LogP contribution in [0.4, 0.5) is 0 Å². The van der Waals surface area contributed by atoms with Gasteiger partial charge in [-0.15, -0.1) is 0 Å². The lowest BCUT2D eigenvalue weighted by Gasteiger charge is -2.19. The van der Waals surface area contributed by atoms with E-state index in [-0.39, 0.29) is 6.54 Å². The normalized spacial score (nSPS) is 12.4. The van der Waals surface area contributed by atoms with Gasteiger partial charge in [-0.2, -0.15) is 0 Å². The second-order valence-corrected chi connectivity index (χ2v) is 7.60. The highest BCUT2D eigenvalue weighted by atomic mass is 35.5. The highest BCUT2D eigenvalue weighted by molar-refractivity contribution is 7.89. The van der Waals surface area contributed by atoms with E-state index in [4.69, 9.17) is 23.2 Å². The lowest BCUT2D eigenvalue weighted by atomic mass is 10.2. The molecule has 17 heavy (non-hydrogen) atoms. The Bertz CT molecular complexity index is 480. The van der Waals surface area contributed by atoms with E-state index in [9.17, 15) is 8.42 Å². The molecule has 0 fully saturated rings. The van der Waals surface area contributed by atoms with Crippen molar-refractivity contribution in [1.29, 1.82) is 0 Å². The molecule has 1 rings (SSSR count). The molecular formula is C11H15Cl2NO2S. The molecule has 0 unspecified atom stereocenters. The standard InChI is InChI=1S/C11H15Cl2NO2S/c1-8(2)17(15,16)14(3)7-9-4-10(12)6-11(13)5-9/h4-6,8H,7H2,1-3H3. The zero-order valence-corrected chi connectivity index (χ0v) is 12.3. The first-order valence-electron chi connectivity index (χ1n) is 5.13. The van der Waals surface area contributed by atoms with E-state index in [2.05, 4.69) is 0 Å². The molecule has 1 aromatic rings. The lowest BCUT2D eigenvalue weighted by Crippen LogP contribution is -2.32. The summed E-state index contributed by atoms with van der Waals surface area (Å²) in [5.41, 5.74) is 0.772. The molecule has 0 radical (unpaired) electrons. The fourth-order valence-corrected chi connectivity index (χ4v) is 3.03. The number of halogens is 2. The van der Waals surface area contributed by atoms with E-state index in [1.54, 1.807) is 39.1 Å². The van der Waals surface area contributed by atoms with Crippen molar-refractivity contribution in [2.75, 3.05) is 7.05 Å². The fraction of sp³-hybridized carbons (Fsp3) is 0.455. The smallest absolute Gasteiger partial charge is 0.212 e. The molecule has 0 heterocycles. The van der Waals surface area contributed by atoms with E-state index in [1.807, 2.05) is 0 Å². The van der Waals surface area contributed by atoms with Gasteiger partial charge in [0, 0.05) is 23.6 Å². The molecule has 0 amide bonds. The summed E-state index contributed by atoms with van der Waals surface area (Å²) in [5.74, 6) is 0. The first-order chi connectivity index (χ1) is 7.73. The van der Waals surface area contributed by atoms with E-state index in [0.717, 1.165) is 5.56 Å². The molecule has 0 spiro atoms. The molecule has 6 heteroatoms. The number of sulfonamides is 1. The first kappa shape index (κ1) is 14.8. The zero-order valence-electron chi connectivity index (χ0n) is 9.94. The molecule has 0 saturated carbocycles. The fourth-order valence-electron chi connectivity index (χ4n) is 1.41. The van der Waals surface area contributed by atoms with Gasteiger partial charge in [-0.25, -0.2) is 12.7 Å². The van der Waals surface area contributed by atoms with Crippen molar-refractivity contribution in [3.05, 3.63) is 33.8 Å². The topological polar surface area (TPSA) is 37.4 Å². The molecule has 96 valence electrons. The zero-order chi connectivity index (χ0) is 13.2. The van der Waals surface area contributed by atoms with Crippen molar-refractivity contribution in [1.82, 2.24) is 4.31 Å². The molecule has 3 nitrogen and oxygen atoms in total. The van der Waals surface area contributed by atoms with Gasteiger partial charge in [-0.05, 0) is 37.6 Å². The monoisotopic (exact) mass is 295 g/mol. The van der Waals surface area contributed by atoms with Gasteiger partial charge in [-0.3, -0.25) is 0 Å². The third-order valence-corrected chi connectivity index (χ3v) is 4.98. The van der Waals surface area contributed by atoms with Gasteiger partial charge >= 0.3 is 0 Å². The largest absolute Gasteiger partial charge is 0.216 e. The second kappa shape index (κ2) is 5.57. The molecular weight excluding hydrogens is 281 g/mol. The molecule has 0 saturated heterocycles. The second-order valence-electron chi connectivity index (χ2n) is 4.13. The molecule has 1 aromatic carbocycles. The van der Waals surface area contributed by atoms with Crippen LogP contribution >= 0.6 is 23.2 Å². The van der Waals surface area contributed by atoms with Gasteiger partial charge in [0.25, 0.3) is 0 Å². The van der Waals surface area contributed by atoms with Gasteiger partial charge < -0.3 is 0 Å². The van der Waals surface area contributed by atoms with Crippen molar-refractivity contribution in [3.63, 3.8) is 0 Å². The third kappa shape index (κ3) is 3.85. The van der Waals surface area contributed by atoms with Gasteiger partial charge in [0.15, 0.2) is 0 Å². The number of hydrogen-bond acceptors (Lipinski definition) is 2. The van der Waals surface area contributed by atoms with E-state index in [0.29, 0.717) is 10.0 Å². The summed E-state index contributed by atoms with van der Waals surface area (Å²) in [4.78, 5) is 0. The number of hydrogen-bond donors (Lipinski definition) is 0. The summed E-state index contributed by atoms with van der Waals surface area (Å²) < 4.78 is 25.0. The van der Waals surface area contributed by atoms with Crippen LogP contribution in [0.15, 0.2) is 18.2 Å². The SMILES string of the molecule is CC(C)S(=O)(=O)N(C)Cc1cc(Cl)cc(Cl)c1.